The molecule has 0 atom stereocenters. The summed E-state index contributed by atoms with van der Waals surface area (Å²) in [6, 6.07) is 19.8. The molecule has 6 nitrogen and oxygen atoms in total. The van der Waals surface area contributed by atoms with Crippen molar-refractivity contribution in [3.05, 3.63) is 83.4 Å². The largest absolute Gasteiger partial charge is 0.492 e. The highest BCUT2D eigenvalue weighted by Gasteiger charge is 2.29. The second kappa shape index (κ2) is 9.85. The standard InChI is InChI=1S/C23H23ClN2O4S/c1-3-30-22-10-5-4-9-21(22)26(31(28,29)20-13-11-18(24)12-14-20)16-23(27)25-19-8-6-7-17(2)15-19/h4-15H,3,16H2,1-2H3,(H,25,27). The molecular formula is C23H23ClN2O4S. The van der Waals surface area contributed by atoms with E-state index in [1.165, 1.54) is 24.3 Å². The summed E-state index contributed by atoms with van der Waals surface area (Å²) < 4.78 is 33.7. The number of hydrogen-bond acceptors (Lipinski definition) is 4. The highest BCUT2D eigenvalue weighted by Crippen LogP contribution is 2.32. The number of sulfonamides is 1. The zero-order valence-electron chi connectivity index (χ0n) is 17.2. The zero-order valence-corrected chi connectivity index (χ0v) is 18.8. The average molecular weight is 459 g/mol. The predicted octanol–water partition coefficient (Wildman–Crippen LogP) is 4.88. The molecule has 0 aromatic heterocycles. The normalized spacial score (nSPS) is 11.1. The Morgan fingerprint density at radius 3 is 2.42 bits per heavy atom. The molecule has 1 amide bonds. The molecule has 0 aliphatic heterocycles. The fraction of sp³-hybridized carbons (Fsp3) is 0.174. The number of rotatable bonds is 8. The van der Waals surface area contributed by atoms with Crippen molar-refractivity contribution < 1.29 is 17.9 Å². The molecule has 0 heterocycles. The lowest BCUT2D eigenvalue weighted by Gasteiger charge is -2.26. The van der Waals surface area contributed by atoms with Crippen LogP contribution in [0.1, 0.15) is 12.5 Å². The van der Waals surface area contributed by atoms with Crippen LogP contribution in [0.3, 0.4) is 0 Å². The second-order valence-corrected chi connectivity index (χ2v) is 9.08. The summed E-state index contributed by atoms with van der Waals surface area (Å²) in [5, 5.41) is 3.17. The van der Waals surface area contributed by atoms with Crippen LogP contribution in [-0.2, 0) is 14.8 Å². The maximum Gasteiger partial charge on any atom is 0.264 e. The van der Waals surface area contributed by atoms with Gasteiger partial charge in [-0.25, -0.2) is 8.42 Å². The summed E-state index contributed by atoms with van der Waals surface area (Å²) in [5.41, 5.74) is 1.84. The van der Waals surface area contributed by atoms with Crippen molar-refractivity contribution in [3.63, 3.8) is 0 Å². The molecule has 3 rings (SSSR count). The molecule has 3 aromatic carbocycles. The van der Waals surface area contributed by atoms with E-state index in [2.05, 4.69) is 5.32 Å². The Bertz CT molecular complexity index is 1160. The molecule has 0 bridgehead atoms. The maximum atomic E-state index is 13.5. The van der Waals surface area contributed by atoms with Gasteiger partial charge in [0.1, 0.15) is 12.3 Å². The fourth-order valence-electron chi connectivity index (χ4n) is 3.03. The Morgan fingerprint density at radius 2 is 1.74 bits per heavy atom. The second-order valence-electron chi connectivity index (χ2n) is 6.78. The number of para-hydroxylation sites is 2. The van der Waals surface area contributed by atoms with E-state index in [0.717, 1.165) is 9.87 Å². The minimum Gasteiger partial charge on any atom is -0.492 e. The Labute approximate surface area is 187 Å². The Morgan fingerprint density at radius 1 is 1.03 bits per heavy atom. The molecule has 0 aliphatic rings. The molecule has 8 heteroatoms. The first kappa shape index (κ1) is 22.7. The van der Waals surface area contributed by atoms with E-state index < -0.39 is 22.5 Å². The van der Waals surface area contributed by atoms with Gasteiger partial charge < -0.3 is 10.1 Å². The third-order valence-electron chi connectivity index (χ3n) is 4.42. The summed E-state index contributed by atoms with van der Waals surface area (Å²) in [4.78, 5) is 12.8. The van der Waals surface area contributed by atoms with Crippen LogP contribution in [0.4, 0.5) is 11.4 Å². The lowest BCUT2D eigenvalue weighted by molar-refractivity contribution is -0.114. The minimum absolute atomic E-state index is 0.0200. The van der Waals surface area contributed by atoms with Gasteiger partial charge >= 0.3 is 0 Å². The molecule has 162 valence electrons. The third-order valence-corrected chi connectivity index (χ3v) is 6.45. The summed E-state index contributed by atoms with van der Waals surface area (Å²) in [5.74, 6) is -0.111. The van der Waals surface area contributed by atoms with Crippen molar-refractivity contribution in [1.82, 2.24) is 0 Å². The van der Waals surface area contributed by atoms with E-state index in [1.807, 2.05) is 25.1 Å². The number of benzene rings is 3. The lowest BCUT2D eigenvalue weighted by atomic mass is 10.2. The Balaban J connectivity index is 2.00. The Kier molecular flexibility index (Phi) is 7.20. The molecule has 1 N–H and O–H groups in total. The molecule has 0 unspecified atom stereocenters. The lowest BCUT2D eigenvalue weighted by Crippen LogP contribution is -2.38. The van der Waals surface area contributed by atoms with Crippen LogP contribution >= 0.6 is 11.6 Å². The van der Waals surface area contributed by atoms with E-state index in [0.29, 0.717) is 23.1 Å². The number of carbonyl (C=O) groups excluding carboxylic acids is 1. The predicted molar refractivity (Wildman–Crippen MR) is 123 cm³/mol. The fourth-order valence-corrected chi connectivity index (χ4v) is 4.59. The van der Waals surface area contributed by atoms with Crippen LogP contribution < -0.4 is 14.4 Å². The molecule has 0 spiro atoms. The van der Waals surface area contributed by atoms with Crippen LogP contribution in [-0.4, -0.2) is 27.5 Å². The van der Waals surface area contributed by atoms with Gasteiger partial charge in [-0.2, -0.15) is 0 Å². The average Bonchev–Trinajstić information content (AvgIpc) is 2.73. The summed E-state index contributed by atoms with van der Waals surface area (Å²) >= 11 is 5.92. The molecule has 3 aromatic rings. The number of ether oxygens (including phenoxy) is 1. The summed E-state index contributed by atoms with van der Waals surface area (Å²) in [6.07, 6.45) is 0. The number of anilines is 2. The van der Waals surface area contributed by atoms with Crippen LogP contribution in [0.25, 0.3) is 0 Å². The van der Waals surface area contributed by atoms with Crippen LogP contribution in [0.5, 0.6) is 5.75 Å². The van der Waals surface area contributed by atoms with Crippen molar-refractivity contribution in [2.24, 2.45) is 0 Å². The van der Waals surface area contributed by atoms with Gasteiger partial charge in [0.25, 0.3) is 10.0 Å². The number of carbonyl (C=O) groups is 1. The van der Waals surface area contributed by atoms with E-state index in [9.17, 15) is 13.2 Å². The van der Waals surface area contributed by atoms with E-state index >= 15 is 0 Å². The highest BCUT2D eigenvalue weighted by molar-refractivity contribution is 7.92. The topological polar surface area (TPSA) is 75.7 Å². The van der Waals surface area contributed by atoms with Gasteiger partial charge in [-0.1, -0.05) is 35.9 Å². The van der Waals surface area contributed by atoms with E-state index in [1.54, 1.807) is 37.3 Å². The van der Waals surface area contributed by atoms with Gasteiger partial charge in [0.05, 0.1) is 17.2 Å². The molecule has 31 heavy (non-hydrogen) atoms. The molecular weight excluding hydrogens is 436 g/mol. The molecule has 0 fully saturated rings. The minimum atomic E-state index is -4.07. The van der Waals surface area contributed by atoms with Crippen LogP contribution in [0.15, 0.2) is 77.7 Å². The summed E-state index contributed by atoms with van der Waals surface area (Å²) in [6.45, 7) is 3.63. The van der Waals surface area contributed by atoms with Crippen LogP contribution in [0, 0.1) is 6.92 Å². The van der Waals surface area contributed by atoms with Gasteiger partial charge in [0.2, 0.25) is 5.91 Å². The third kappa shape index (κ3) is 5.57. The van der Waals surface area contributed by atoms with Crippen molar-refractivity contribution in [2.45, 2.75) is 18.7 Å². The molecule has 0 radical (unpaired) electrons. The van der Waals surface area contributed by atoms with Gasteiger partial charge in [-0.05, 0) is 67.9 Å². The summed E-state index contributed by atoms with van der Waals surface area (Å²) in [7, 11) is -4.07. The van der Waals surface area contributed by atoms with Crippen LogP contribution in [0.2, 0.25) is 5.02 Å². The van der Waals surface area contributed by atoms with Gasteiger partial charge in [0.15, 0.2) is 0 Å². The van der Waals surface area contributed by atoms with Gasteiger partial charge in [0, 0.05) is 10.7 Å². The quantitative estimate of drug-likeness (QED) is 0.522. The van der Waals surface area contributed by atoms with Crippen molar-refractivity contribution >= 4 is 38.9 Å². The number of aryl methyl sites for hydroxylation is 1. The smallest absolute Gasteiger partial charge is 0.264 e. The number of nitrogens with zero attached hydrogens (tertiary/aromatic N) is 1. The SMILES string of the molecule is CCOc1ccccc1N(CC(=O)Nc1cccc(C)c1)S(=O)(=O)c1ccc(Cl)cc1. The molecule has 0 saturated heterocycles. The zero-order chi connectivity index (χ0) is 22.4. The molecule has 0 aliphatic carbocycles. The van der Waals surface area contributed by atoms with E-state index in [-0.39, 0.29) is 10.6 Å². The van der Waals surface area contributed by atoms with Crippen molar-refractivity contribution in [3.8, 4) is 5.75 Å². The maximum absolute atomic E-state index is 13.5. The molecule has 0 saturated carbocycles. The van der Waals surface area contributed by atoms with E-state index in [4.69, 9.17) is 16.3 Å². The van der Waals surface area contributed by atoms with Gasteiger partial charge in [-0.3, -0.25) is 9.10 Å². The monoisotopic (exact) mass is 458 g/mol. The first-order valence-corrected chi connectivity index (χ1v) is 11.5. The Hall–Kier alpha value is -3.03. The first-order valence-electron chi connectivity index (χ1n) is 9.68. The van der Waals surface area contributed by atoms with Crippen molar-refractivity contribution in [1.29, 1.82) is 0 Å². The first-order chi connectivity index (χ1) is 14.8. The number of halogens is 1. The number of hydrogen-bond donors (Lipinski definition) is 1. The van der Waals surface area contributed by atoms with Gasteiger partial charge in [-0.15, -0.1) is 0 Å². The highest BCUT2D eigenvalue weighted by atomic mass is 35.5. The van der Waals surface area contributed by atoms with Crippen molar-refractivity contribution in [2.75, 3.05) is 22.8 Å². The number of amides is 1. The number of nitrogens with one attached hydrogen (secondary N) is 1.